The number of phenolic OH excluding ortho intramolecular Hbond substituents is 1. The zero-order chi connectivity index (χ0) is 9.14. The molecule has 1 aromatic carbocycles. The molecular formula is C9H11NO2. The maximum Gasteiger partial charge on any atom is 0.155 e. The molecule has 0 radical (unpaired) electrons. The van der Waals surface area contributed by atoms with Crippen LogP contribution in [0.15, 0.2) is 18.2 Å². The minimum Gasteiger partial charge on any atom is -0.507 e. The molecule has 0 aliphatic carbocycles. The van der Waals surface area contributed by atoms with Crippen molar-refractivity contribution in [3.8, 4) is 5.75 Å². The third-order valence-corrected chi connectivity index (χ3v) is 1.66. The highest BCUT2D eigenvalue weighted by molar-refractivity contribution is 5.88. The van der Waals surface area contributed by atoms with Gasteiger partial charge in [-0.05, 0) is 12.1 Å². The first-order chi connectivity index (χ1) is 5.66. The molecule has 1 rings (SSSR count). The van der Waals surface area contributed by atoms with Crippen LogP contribution in [0.25, 0.3) is 0 Å². The summed E-state index contributed by atoms with van der Waals surface area (Å²) in [7, 11) is 3.64. The van der Waals surface area contributed by atoms with Gasteiger partial charge in [0.15, 0.2) is 6.29 Å². The number of hydrogen-bond donors (Lipinski definition) is 1. The summed E-state index contributed by atoms with van der Waals surface area (Å²) in [5, 5.41) is 9.28. The van der Waals surface area contributed by atoms with Crippen LogP contribution in [0, 0.1) is 0 Å². The van der Waals surface area contributed by atoms with Gasteiger partial charge in [0.05, 0.1) is 11.3 Å². The van der Waals surface area contributed by atoms with Crippen molar-refractivity contribution in [2.45, 2.75) is 0 Å². The molecule has 0 atom stereocenters. The lowest BCUT2D eigenvalue weighted by molar-refractivity contribution is 0.112. The van der Waals surface area contributed by atoms with Crippen molar-refractivity contribution in [1.29, 1.82) is 0 Å². The van der Waals surface area contributed by atoms with Gasteiger partial charge in [-0.25, -0.2) is 0 Å². The number of benzene rings is 1. The van der Waals surface area contributed by atoms with E-state index in [2.05, 4.69) is 0 Å². The number of anilines is 1. The van der Waals surface area contributed by atoms with Gasteiger partial charge in [0.1, 0.15) is 5.75 Å². The van der Waals surface area contributed by atoms with E-state index in [9.17, 15) is 9.90 Å². The van der Waals surface area contributed by atoms with Crippen molar-refractivity contribution < 1.29 is 9.90 Å². The summed E-state index contributed by atoms with van der Waals surface area (Å²) < 4.78 is 0. The van der Waals surface area contributed by atoms with E-state index in [1.54, 1.807) is 17.0 Å². The average Bonchev–Trinajstić information content (AvgIpc) is 2.03. The second-order valence-electron chi connectivity index (χ2n) is 2.72. The lowest BCUT2D eigenvalue weighted by atomic mass is 10.1. The van der Waals surface area contributed by atoms with Crippen LogP contribution in [0.4, 0.5) is 5.69 Å². The summed E-state index contributed by atoms with van der Waals surface area (Å²) in [6, 6.07) is 4.98. The van der Waals surface area contributed by atoms with Crippen molar-refractivity contribution in [2.24, 2.45) is 0 Å². The fourth-order valence-corrected chi connectivity index (χ4v) is 1.05. The molecule has 0 saturated heterocycles. The maximum atomic E-state index is 10.6. The van der Waals surface area contributed by atoms with E-state index in [0.29, 0.717) is 11.8 Å². The van der Waals surface area contributed by atoms with Crippen LogP contribution < -0.4 is 4.90 Å². The van der Waals surface area contributed by atoms with E-state index in [1.165, 1.54) is 6.07 Å². The molecule has 0 saturated carbocycles. The highest BCUT2D eigenvalue weighted by Crippen LogP contribution is 2.24. The monoisotopic (exact) mass is 165 g/mol. The number of aldehydes is 1. The third-order valence-electron chi connectivity index (χ3n) is 1.66. The number of rotatable bonds is 2. The second-order valence-corrected chi connectivity index (χ2v) is 2.72. The molecule has 0 amide bonds. The average molecular weight is 165 g/mol. The Morgan fingerprint density at radius 3 is 2.50 bits per heavy atom. The molecule has 0 heterocycles. The number of nitrogens with zero attached hydrogens (tertiary/aromatic N) is 1. The molecule has 1 aromatic rings. The van der Waals surface area contributed by atoms with Crippen molar-refractivity contribution in [1.82, 2.24) is 0 Å². The molecule has 3 heteroatoms. The lowest BCUT2D eigenvalue weighted by Crippen LogP contribution is -2.10. The summed E-state index contributed by atoms with van der Waals surface area (Å²) >= 11 is 0. The Labute approximate surface area is 71.2 Å². The van der Waals surface area contributed by atoms with Crippen LogP contribution in [0.3, 0.4) is 0 Å². The van der Waals surface area contributed by atoms with E-state index >= 15 is 0 Å². The van der Waals surface area contributed by atoms with Gasteiger partial charge in [-0.15, -0.1) is 0 Å². The van der Waals surface area contributed by atoms with Crippen molar-refractivity contribution in [3.63, 3.8) is 0 Å². The van der Waals surface area contributed by atoms with Crippen LogP contribution in [0.5, 0.6) is 5.75 Å². The summed E-state index contributed by atoms with van der Waals surface area (Å²) in [5.74, 6) is 0.0243. The van der Waals surface area contributed by atoms with Gasteiger partial charge in [0.25, 0.3) is 0 Å². The van der Waals surface area contributed by atoms with Crippen LogP contribution >= 0.6 is 0 Å². The Kier molecular flexibility index (Phi) is 2.33. The number of carbonyl (C=O) groups excluding carboxylic acids is 1. The van der Waals surface area contributed by atoms with Gasteiger partial charge in [0.2, 0.25) is 0 Å². The zero-order valence-corrected chi connectivity index (χ0v) is 7.11. The molecule has 0 fully saturated rings. The molecule has 0 aromatic heterocycles. The first-order valence-corrected chi connectivity index (χ1v) is 3.61. The molecule has 0 unspecified atom stereocenters. The molecule has 0 aliphatic rings. The van der Waals surface area contributed by atoms with E-state index < -0.39 is 0 Å². The predicted molar refractivity (Wildman–Crippen MR) is 47.8 cm³/mol. The molecule has 12 heavy (non-hydrogen) atoms. The fraction of sp³-hybridized carbons (Fsp3) is 0.222. The van der Waals surface area contributed by atoms with Crippen molar-refractivity contribution >= 4 is 12.0 Å². The topological polar surface area (TPSA) is 40.5 Å². The molecule has 0 spiro atoms. The van der Waals surface area contributed by atoms with Gasteiger partial charge >= 0.3 is 0 Å². The zero-order valence-electron chi connectivity index (χ0n) is 7.11. The summed E-state index contributed by atoms with van der Waals surface area (Å²) in [5.41, 5.74) is 1.06. The van der Waals surface area contributed by atoms with Crippen molar-refractivity contribution in [3.05, 3.63) is 23.8 Å². The van der Waals surface area contributed by atoms with E-state index in [4.69, 9.17) is 0 Å². The third kappa shape index (κ3) is 1.39. The minimum absolute atomic E-state index is 0.0243. The van der Waals surface area contributed by atoms with Crippen molar-refractivity contribution in [2.75, 3.05) is 19.0 Å². The Morgan fingerprint density at radius 2 is 2.08 bits per heavy atom. The minimum atomic E-state index is 0.0243. The highest BCUT2D eigenvalue weighted by Gasteiger charge is 2.06. The Hall–Kier alpha value is -1.51. The van der Waals surface area contributed by atoms with Gasteiger partial charge in [-0.3, -0.25) is 4.79 Å². The number of carbonyl (C=O) groups is 1. The molecule has 0 aliphatic heterocycles. The highest BCUT2D eigenvalue weighted by atomic mass is 16.3. The smallest absolute Gasteiger partial charge is 0.155 e. The molecule has 3 nitrogen and oxygen atoms in total. The summed E-state index contributed by atoms with van der Waals surface area (Å²) in [6.45, 7) is 0. The maximum absolute atomic E-state index is 10.6. The summed E-state index contributed by atoms with van der Waals surface area (Å²) in [4.78, 5) is 12.3. The number of phenols is 1. The van der Waals surface area contributed by atoms with Crippen LogP contribution in [0.1, 0.15) is 10.4 Å². The largest absolute Gasteiger partial charge is 0.507 e. The standard InChI is InChI=1S/C9H11NO2/c1-10(2)8-4-3-5-9(12)7(8)6-11/h3-6,12H,1-2H3. The SMILES string of the molecule is CN(C)c1cccc(O)c1C=O. The van der Waals surface area contributed by atoms with E-state index in [-0.39, 0.29) is 5.75 Å². The van der Waals surface area contributed by atoms with Gasteiger partial charge in [0, 0.05) is 14.1 Å². The lowest BCUT2D eigenvalue weighted by Gasteiger charge is -2.14. The molecule has 64 valence electrons. The van der Waals surface area contributed by atoms with Gasteiger partial charge in [-0.1, -0.05) is 6.07 Å². The number of hydrogen-bond acceptors (Lipinski definition) is 3. The first-order valence-electron chi connectivity index (χ1n) is 3.61. The Balaban J connectivity index is 3.27. The van der Waals surface area contributed by atoms with Crippen LogP contribution in [-0.2, 0) is 0 Å². The Bertz CT molecular complexity index is 295. The molecule has 1 N–H and O–H groups in total. The van der Waals surface area contributed by atoms with E-state index in [1.807, 2.05) is 14.1 Å². The van der Waals surface area contributed by atoms with Gasteiger partial charge < -0.3 is 10.0 Å². The molecule has 0 bridgehead atoms. The summed E-state index contributed by atoms with van der Waals surface area (Å²) in [6.07, 6.45) is 0.657. The van der Waals surface area contributed by atoms with Gasteiger partial charge in [-0.2, -0.15) is 0 Å². The number of aromatic hydroxyl groups is 1. The first kappa shape index (κ1) is 8.59. The fourth-order valence-electron chi connectivity index (χ4n) is 1.05. The normalized spacial score (nSPS) is 9.50. The Morgan fingerprint density at radius 1 is 1.42 bits per heavy atom. The quantitative estimate of drug-likeness (QED) is 0.671. The predicted octanol–water partition coefficient (Wildman–Crippen LogP) is 1.27. The second kappa shape index (κ2) is 3.26. The van der Waals surface area contributed by atoms with Crippen LogP contribution in [-0.4, -0.2) is 25.5 Å². The van der Waals surface area contributed by atoms with Crippen LogP contribution in [0.2, 0.25) is 0 Å². The molecular weight excluding hydrogens is 154 g/mol. The van der Waals surface area contributed by atoms with E-state index in [0.717, 1.165) is 5.69 Å².